The molecule has 0 aromatic carbocycles. The molecule has 1 aliphatic rings. The third-order valence-corrected chi connectivity index (χ3v) is 5.68. The number of nitrogens with one attached hydrogen (secondary N) is 2. The molecule has 0 unspecified atom stereocenters. The third kappa shape index (κ3) is 5.01. The highest BCUT2D eigenvalue weighted by Gasteiger charge is 2.33. The zero-order chi connectivity index (χ0) is 19.1. The van der Waals surface area contributed by atoms with E-state index in [1.165, 1.54) is 31.4 Å². The van der Waals surface area contributed by atoms with Crippen LogP contribution in [0, 0.1) is 12.3 Å². The quantitative estimate of drug-likeness (QED) is 0.425. The molecule has 148 valence electrons. The predicted octanol–water partition coefficient (Wildman–Crippen LogP) is 3.29. The van der Waals surface area contributed by atoms with E-state index in [-0.39, 0.29) is 0 Å². The van der Waals surface area contributed by atoms with Crippen molar-refractivity contribution in [1.29, 1.82) is 0 Å². The van der Waals surface area contributed by atoms with Gasteiger partial charge in [-0.3, -0.25) is 4.99 Å². The Morgan fingerprint density at radius 1 is 1.30 bits per heavy atom. The summed E-state index contributed by atoms with van der Waals surface area (Å²) in [5.41, 5.74) is 3.52. The first-order valence-electron chi connectivity index (χ1n) is 10.1. The number of guanidine groups is 1. The Morgan fingerprint density at radius 2 is 2.11 bits per heavy atom. The largest absolute Gasteiger partial charge is 0.382 e. The van der Waals surface area contributed by atoms with Crippen molar-refractivity contribution in [2.45, 2.75) is 52.5 Å². The summed E-state index contributed by atoms with van der Waals surface area (Å²) >= 11 is 0. The smallest absolute Gasteiger partial charge is 0.191 e. The van der Waals surface area contributed by atoms with Crippen LogP contribution in [0.1, 0.15) is 50.4 Å². The van der Waals surface area contributed by atoms with E-state index < -0.39 is 0 Å². The highest BCUT2D eigenvalue weighted by molar-refractivity contribution is 5.79. The van der Waals surface area contributed by atoms with Gasteiger partial charge in [-0.2, -0.15) is 0 Å². The Morgan fingerprint density at radius 3 is 2.81 bits per heavy atom. The predicted molar refractivity (Wildman–Crippen MR) is 110 cm³/mol. The van der Waals surface area contributed by atoms with Crippen LogP contribution < -0.4 is 10.6 Å². The highest BCUT2D eigenvalue weighted by atomic mass is 16.5. The molecule has 2 aromatic rings. The van der Waals surface area contributed by atoms with Gasteiger partial charge < -0.3 is 19.8 Å². The summed E-state index contributed by atoms with van der Waals surface area (Å²) in [6.45, 7) is 7.41. The first kappa shape index (κ1) is 19.7. The van der Waals surface area contributed by atoms with Gasteiger partial charge in [0.05, 0.1) is 12.2 Å². The fourth-order valence-electron chi connectivity index (χ4n) is 4.02. The SMILES string of the molecule is CCOCCC1(CNC(=NC)NCc2cn3c(C)cccc3n2)CCCC1. The number of aliphatic imine (C=N–C) groups is 1. The maximum Gasteiger partial charge on any atom is 0.191 e. The zero-order valence-corrected chi connectivity index (χ0v) is 16.9. The van der Waals surface area contributed by atoms with Gasteiger partial charge in [0.2, 0.25) is 0 Å². The van der Waals surface area contributed by atoms with Crippen LogP contribution in [-0.4, -0.2) is 42.2 Å². The minimum Gasteiger partial charge on any atom is -0.382 e. The lowest BCUT2D eigenvalue weighted by Gasteiger charge is -2.30. The van der Waals surface area contributed by atoms with E-state index >= 15 is 0 Å². The van der Waals surface area contributed by atoms with Crippen molar-refractivity contribution in [3.05, 3.63) is 35.8 Å². The molecule has 0 bridgehead atoms. The second-order valence-electron chi connectivity index (χ2n) is 7.56. The summed E-state index contributed by atoms with van der Waals surface area (Å²) < 4.78 is 7.73. The summed E-state index contributed by atoms with van der Waals surface area (Å²) in [7, 11) is 1.82. The first-order valence-corrected chi connectivity index (χ1v) is 10.1. The zero-order valence-electron chi connectivity index (χ0n) is 16.9. The molecule has 6 nitrogen and oxygen atoms in total. The second kappa shape index (κ2) is 9.22. The number of aromatic nitrogens is 2. The third-order valence-electron chi connectivity index (χ3n) is 5.68. The Balaban J connectivity index is 1.54. The van der Waals surface area contributed by atoms with Crippen molar-refractivity contribution in [3.8, 4) is 0 Å². The molecular formula is C21H33N5O. The number of rotatable bonds is 8. The van der Waals surface area contributed by atoms with Crippen LogP contribution >= 0.6 is 0 Å². The van der Waals surface area contributed by atoms with E-state index in [1.54, 1.807) is 0 Å². The second-order valence-corrected chi connectivity index (χ2v) is 7.56. The Kier molecular flexibility index (Phi) is 6.72. The number of ether oxygens (including phenoxy) is 1. The highest BCUT2D eigenvalue weighted by Crippen LogP contribution is 2.40. The molecule has 1 fully saturated rings. The molecule has 0 aliphatic heterocycles. The molecule has 2 aromatic heterocycles. The van der Waals surface area contributed by atoms with Crippen LogP contribution in [0.2, 0.25) is 0 Å². The molecule has 3 rings (SSSR count). The first-order chi connectivity index (χ1) is 13.2. The van der Waals surface area contributed by atoms with Crippen LogP contribution in [0.3, 0.4) is 0 Å². The minimum atomic E-state index is 0.340. The van der Waals surface area contributed by atoms with Crippen molar-refractivity contribution in [1.82, 2.24) is 20.0 Å². The number of imidazole rings is 1. The van der Waals surface area contributed by atoms with Gasteiger partial charge in [-0.1, -0.05) is 18.9 Å². The number of pyridine rings is 1. The Bertz CT molecular complexity index is 761. The Hall–Kier alpha value is -2.08. The lowest BCUT2D eigenvalue weighted by Crippen LogP contribution is -2.43. The van der Waals surface area contributed by atoms with Gasteiger partial charge in [0, 0.05) is 38.7 Å². The van der Waals surface area contributed by atoms with Gasteiger partial charge in [-0.15, -0.1) is 0 Å². The van der Waals surface area contributed by atoms with E-state index in [9.17, 15) is 0 Å². The number of aryl methyl sites for hydroxylation is 1. The van der Waals surface area contributed by atoms with Crippen molar-refractivity contribution in [3.63, 3.8) is 0 Å². The van der Waals surface area contributed by atoms with Crippen molar-refractivity contribution >= 4 is 11.6 Å². The number of nitrogens with zero attached hydrogens (tertiary/aromatic N) is 3. The summed E-state index contributed by atoms with van der Waals surface area (Å²) in [5, 5.41) is 6.95. The van der Waals surface area contributed by atoms with E-state index in [0.29, 0.717) is 12.0 Å². The summed E-state index contributed by atoms with van der Waals surface area (Å²) in [5.74, 6) is 0.839. The van der Waals surface area contributed by atoms with Crippen molar-refractivity contribution in [2.75, 3.05) is 26.8 Å². The molecule has 2 N–H and O–H groups in total. The van der Waals surface area contributed by atoms with Gasteiger partial charge in [0.25, 0.3) is 0 Å². The van der Waals surface area contributed by atoms with E-state index in [4.69, 9.17) is 4.74 Å². The minimum absolute atomic E-state index is 0.340. The summed E-state index contributed by atoms with van der Waals surface area (Å²) in [6.07, 6.45) is 8.40. The molecule has 1 saturated carbocycles. The van der Waals surface area contributed by atoms with Gasteiger partial charge >= 0.3 is 0 Å². The standard InChI is InChI=1S/C21H33N5O/c1-4-27-13-12-21(10-5-6-11-21)16-24-20(22-3)23-14-18-15-26-17(2)8-7-9-19(26)25-18/h7-9,15H,4-6,10-14,16H2,1-3H3,(H2,22,23,24). The van der Waals surface area contributed by atoms with Gasteiger partial charge in [0.1, 0.15) is 5.65 Å². The fraction of sp³-hybridized carbons (Fsp3) is 0.619. The number of fused-ring (bicyclic) bond motifs is 1. The number of hydrogen-bond donors (Lipinski definition) is 2. The molecule has 2 heterocycles. The number of hydrogen-bond acceptors (Lipinski definition) is 3. The van der Waals surface area contributed by atoms with Gasteiger partial charge in [-0.05, 0) is 50.7 Å². The van der Waals surface area contributed by atoms with Gasteiger partial charge in [-0.25, -0.2) is 4.98 Å². The average Bonchev–Trinajstić information content (AvgIpc) is 3.30. The van der Waals surface area contributed by atoms with Crippen LogP contribution in [0.15, 0.2) is 29.4 Å². The molecule has 1 aliphatic carbocycles. The summed E-state index contributed by atoms with van der Waals surface area (Å²) in [6, 6.07) is 6.17. The van der Waals surface area contributed by atoms with Gasteiger partial charge in [0.15, 0.2) is 5.96 Å². The average molecular weight is 372 g/mol. The van der Waals surface area contributed by atoms with Crippen LogP contribution in [0.5, 0.6) is 0 Å². The maximum atomic E-state index is 5.61. The topological polar surface area (TPSA) is 63.0 Å². The molecule has 0 radical (unpaired) electrons. The normalized spacial score (nSPS) is 16.8. The summed E-state index contributed by atoms with van der Waals surface area (Å²) in [4.78, 5) is 9.07. The monoisotopic (exact) mass is 371 g/mol. The van der Waals surface area contributed by atoms with Crippen LogP contribution in [-0.2, 0) is 11.3 Å². The molecule has 27 heavy (non-hydrogen) atoms. The molecular weight excluding hydrogens is 338 g/mol. The molecule has 0 amide bonds. The Labute approximate surface area is 162 Å². The van der Waals surface area contributed by atoms with Crippen molar-refractivity contribution < 1.29 is 4.74 Å². The van der Waals surface area contributed by atoms with Crippen molar-refractivity contribution in [2.24, 2.45) is 10.4 Å². The molecule has 6 heteroatoms. The molecule has 0 atom stereocenters. The molecule has 0 spiro atoms. The maximum absolute atomic E-state index is 5.61. The van der Waals surface area contributed by atoms with E-state index in [0.717, 1.165) is 43.5 Å². The fourth-order valence-corrected chi connectivity index (χ4v) is 4.02. The van der Waals surface area contributed by atoms with Crippen LogP contribution in [0.4, 0.5) is 0 Å². The van der Waals surface area contributed by atoms with Crippen LogP contribution in [0.25, 0.3) is 5.65 Å². The lowest BCUT2D eigenvalue weighted by atomic mass is 9.83. The molecule has 0 saturated heterocycles. The van der Waals surface area contributed by atoms with E-state index in [1.807, 2.05) is 19.2 Å². The van der Waals surface area contributed by atoms with E-state index in [2.05, 4.69) is 51.1 Å². The lowest BCUT2D eigenvalue weighted by molar-refractivity contribution is 0.105.